The van der Waals surface area contributed by atoms with Crippen LogP contribution in [0.25, 0.3) is 0 Å². The predicted octanol–water partition coefficient (Wildman–Crippen LogP) is 4.63. The molecule has 0 aliphatic rings. The highest BCUT2D eigenvalue weighted by atomic mass is 35.5. The standard InChI is InChI=1S/C14H14F2N4O2.C8H8FNO2.C5H5FN2.ClH/c1-2-22-14(21)13(19-11-3-9(15)5-17-7-11)20-12-4-10(16)6-18-8-12;9-7-3-6(4-10-5-7)1-2-8(11)12;6-4-1-5(7)3-8-2-4;/h3-8,13,19-20H,2H2,1H3;3-5H,1-2H2,(H,11,12);1-3H,7H2;1H. The third-order valence-electron chi connectivity index (χ3n) is 4.67. The van der Waals surface area contributed by atoms with E-state index in [-0.39, 0.29) is 36.8 Å². The molecule has 4 aromatic heterocycles. The number of rotatable bonds is 9. The number of aliphatic carboxylic acids is 1. The Hall–Kier alpha value is -5.05. The summed E-state index contributed by atoms with van der Waals surface area (Å²) in [7, 11) is 0. The Morgan fingerprint density at radius 3 is 1.65 bits per heavy atom. The molecule has 43 heavy (non-hydrogen) atoms. The van der Waals surface area contributed by atoms with Crippen LogP contribution in [0.4, 0.5) is 34.6 Å². The van der Waals surface area contributed by atoms with Gasteiger partial charge in [-0.05, 0) is 31.0 Å². The lowest BCUT2D eigenvalue weighted by atomic mass is 10.1. The molecule has 11 nitrogen and oxygen atoms in total. The average Bonchev–Trinajstić information content (AvgIpc) is 2.92. The number of halogens is 5. The summed E-state index contributed by atoms with van der Waals surface area (Å²) < 4.78 is 55.7. The fourth-order valence-corrected chi connectivity index (χ4v) is 2.97. The Morgan fingerprint density at radius 1 is 0.791 bits per heavy atom. The zero-order chi connectivity index (χ0) is 30.9. The van der Waals surface area contributed by atoms with Crippen molar-refractivity contribution in [1.29, 1.82) is 0 Å². The Bertz CT molecular complexity index is 1390. The molecular formula is C27H28ClF4N7O4. The van der Waals surface area contributed by atoms with E-state index in [1.54, 1.807) is 6.92 Å². The van der Waals surface area contributed by atoms with Crippen molar-refractivity contribution >= 4 is 41.4 Å². The highest BCUT2D eigenvalue weighted by molar-refractivity contribution is 5.85. The average molecular weight is 626 g/mol. The Labute approximate surface area is 250 Å². The van der Waals surface area contributed by atoms with Crippen LogP contribution in [0.15, 0.2) is 73.8 Å². The summed E-state index contributed by atoms with van der Waals surface area (Å²) in [5.74, 6) is -3.46. The number of aryl methyl sites for hydroxylation is 1. The number of nitrogen functional groups attached to an aromatic ring is 1. The highest BCUT2D eigenvalue weighted by Crippen LogP contribution is 2.13. The minimum Gasteiger partial charge on any atom is -0.481 e. The molecule has 4 rings (SSSR count). The number of carbonyl (C=O) groups excluding carboxylic acids is 1. The molecule has 0 saturated carbocycles. The number of nitrogens with two attached hydrogens (primary N) is 1. The maximum Gasteiger partial charge on any atom is 0.349 e. The summed E-state index contributed by atoms with van der Waals surface area (Å²) in [4.78, 5) is 36.5. The van der Waals surface area contributed by atoms with E-state index in [1.807, 2.05) is 0 Å². The lowest BCUT2D eigenvalue weighted by Crippen LogP contribution is -2.38. The van der Waals surface area contributed by atoms with Crippen LogP contribution in [0.1, 0.15) is 18.9 Å². The van der Waals surface area contributed by atoms with Crippen molar-refractivity contribution in [2.45, 2.75) is 25.9 Å². The zero-order valence-corrected chi connectivity index (χ0v) is 23.4. The fourth-order valence-electron chi connectivity index (χ4n) is 2.97. The van der Waals surface area contributed by atoms with E-state index in [0.717, 1.165) is 24.8 Å². The van der Waals surface area contributed by atoms with Gasteiger partial charge in [0.05, 0.1) is 60.9 Å². The lowest BCUT2D eigenvalue weighted by molar-refractivity contribution is -0.143. The quantitative estimate of drug-likeness (QED) is 0.116. The molecule has 0 aliphatic heterocycles. The molecule has 0 radical (unpaired) electrons. The molecule has 4 heterocycles. The molecule has 5 N–H and O–H groups in total. The molecule has 0 aromatic carbocycles. The molecule has 4 aromatic rings. The molecule has 16 heteroatoms. The first-order valence-corrected chi connectivity index (χ1v) is 12.1. The van der Waals surface area contributed by atoms with Crippen LogP contribution in [0.2, 0.25) is 0 Å². The van der Waals surface area contributed by atoms with Crippen LogP contribution in [0.5, 0.6) is 0 Å². The van der Waals surface area contributed by atoms with Crippen LogP contribution in [0.3, 0.4) is 0 Å². The van der Waals surface area contributed by atoms with Gasteiger partial charge in [-0.2, -0.15) is 0 Å². The fraction of sp³-hybridized carbons (Fsp3) is 0.185. The first kappa shape index (κ1) is 36.0. The molecule has 0 spiro atoms. The summed E-state index contributed by atoms with van der Waals surface area (Å²) in [5.41, 5.74) is 6.66. The molecule has 0 atom stereocenters. The Balaban J connectivity index is 0.000000368. The van der Waals surface area contributed by atoms with Gasteiger partial charge in [-0.1, -0.05) is 0 Å². The summed E-state index contributed by atoms with van der Waals surface area (Å²) in [6.07, 6.45) is 9.10. The van der Waals surface area contributed by atoms with Gasteiger partial charge < -0.3 is 26.2 Å². The zero-order valence-electron chi connectivity index (χ0n) is 22.6. The van der Waals surface area contributed by atoms with E-state index >= 15 is 0 Å². The summed E-state index contributed by atoms with van der Waals surface area (Å²) in [5, 5.41) is 13.8. The number of carboxylic acids is 1. The van der Waals surface area contributed by atoms with E-state index in [2.05, 4.69) is 30.6 Å². The van der Waals surface area contributed by atoms with Gasteiger partial charge in [0.25, 0.3) is 0 Å². The van der Waals surface area contributed by atoms with Gasteiger partial charge in [0.15, 0.2) is 6.17 Å². The van der Waals surface area contributed by atoms with E-state index in [1.165, 1.54) is 49.1 Å². The minimum absolute atomic E-state index is 0. The van der Waals surface area contributed by atoms with Crippen molar-refractivity contribution in [3.63, 3.8) is 0 Å². The summed E-state index contributed by atoms with van der Waals surface area (Å²) in [6, 6.07) is 4.85. The number of carbonyl (C=O) groups is 2. The maximum absolute atomic E-state index is 13.1. The van der Waals surface area contributed by atoms with Gasteiger partial charge in [-0.25, -0.2) is 22.4 Å². The second kappa shape index (κ2) is 19.1. The van der Waals surface area contributed by atoms with Crippen LogP contribution in [-0.2, 0) is 20.7 Å². The van der Waals surface area contributed by atoms with E-state index in [9.17, 15) is 27.2 Å². The normalized spacial score (nSPS) is 9.72. The van der Waals surface area contributed by atoms with Gasteiger partial charge in [0.2, 0.25) is 0 Å². The van der Waals surface area contributed by atoms with E-state index in [0.29, 0.717) is 17.7 Å². The number of pyridine rings is 4. The largest absolute Gasteiger partial charge is 0.481 e. The number of anilines is 3. The molecule has 0 unspecified atom stereocenters. The van der Waals surface area contributed by atoms with E-state index in [4.69, 9.17) is 15.6 Å². The van der Waals surface area contributed by atoms with Crippen LogP contribution < -0.4 is 16.4 Å². The van der Waals surface area contributed by atoms with Crippen molar-refractivity contribution < 1.29 is 37.0 Å². The Kier molecular flexibility index (Phi) is 16.0. The Morgan fingerprint density at radius 2 is 1.26 bits per heavy atom. The SMILES string of the molecule is CCOC(=O)C(Nc1cncc(F)c1)Nc1cncc(F)c1.Cl.Nc1cncc(F)c1.O=C(O)CCc1cncc(F)c1. The smallest absolute Gasteiger partial charge is 0.349 e. The number of nitrogens with zero attached hydrogens (tertiary/aromatic N) is 4. The molecule has 0 fully saturated rings. The third-order valence-corrected chi connectivity index (χ3v) is 4.67. The number of hydrogen-bond acceptors (Lipinski definition) is 10. The molecule has 0 amide bonds. The van der Waals surface area contributed by atoms with Crippen LogP contribution in [-0.4, -0.2) is 49.8 Å². The predicted molar refractivity (Wildman–Crippen MR) is 152 cm³/mol. The van der Waals surface area contributed by atoms with Crippen molar-refractivity contribution in [3.8, 4) is 0 Å². The second-order valence-corrected chi connectivity index (χ2v) is 8.10. The van der Waals surface area contributed by atoms with Gasteiger partial charge >= 0.3 is 11.9 Å². The molecule has 0 bridgehead atoms. The number of esters is 1. The first-order valence-electron chi connectivity index (χ1n) is 12.1. The number of carboxylic acid groups (broad SMARTS) is 1. The molecule has 230 valence electrons. The van der Waals surface area contributed by atoms with Gasteiger partial charge in [0.1, 0.15) is 23.3 Å². The van der Waals surface area contributed by atoms with Crippen molar-refractivity contribution in [3.05, 3.63) is 103 Å². The number of ether oxygens (including phenoxy) is 1. The maximum atomic E-state index is 13.1. The number of hydrogen-bond donors (Lipinski definition) is 4. The summed E-state index contributed by atoms with van der Waals surface area (Å²) in [6.45, 7) is 1.82. The lowest BCUT2D eigenvalue weighted by Gasteiger charge is -2.20. The molecular weight excluding hydrogens is 598 g/mol. The van der Waals surface area contributed by atoms with Gasteiger partial charge in [-0.3, -0.25) is 24.7 Å². The van der Waals surface area contributed by atoms with Crippen LogP contribution >= 0.6 is 12.4 Å². The van der Waals surface area contributed by atoms with Crippen molar-refractivity contribution in [2.75, 3.05) is 23.0 Å². The monoisotopic (exact) mass is 625 g/mol. The molecule has 0 saturated heterocycles. The van der Waals surface area contributed by atoms with Crippen LogP contribution in [0, 0.1) is 23.3 Å². The first-order chi connectivity index (χ1) is 20.0. The highest BCUT2D eigenvalue weighted by Gasteiger charge is 2.20. The second-order valence-electron chi connectivity index (χ2n) is 8.10. The third kappa shape index (κ3) is 14.9. The minimum atomic E-state index is -1.05. The van der Waals surface area contributed by atoms with Crippen molar-refractivity contribution in [2.24, 2.45) is 0 Å². The molecule has 0 aliphatic carbocycles. The number of nitrogens with one attached hydrogen (secondary N) is 2. The van der Waals surface area contributed by atoms with Gasteiger partial charge in [0, 0.05) is 30.9 Å². The summed E-state index contributed by atoms with van der Waals surface area (Å²) >= 11 is 0. The van der Waals surface area contributed by atoms with E-state index < -0.39 is 41.4 Å². The number of aromatic nitrogens is 4. The van der Waals surface area contributed by atoms with Crippen molar-refractivity contribution in [1.82, 2.24) is 19.9 Å². The van der Waals surface area contributed by atoms with Gasteiger partial charge in [-0.15, -0.1) is 12.4 Å². The topological polar surface area (TPSA) is 165 Å².